The van der Waals surface area contributed by atoms with Crippen LogP contribution < -0.4 is 5.73 Å². The topological polar surface area (TPSA) is 51.8 Å². The molecule has 0 spiro atoms. The molecule has 1 aromatic heterocycles. The van der Waals surface area contributed by atoms with Crippen molar-refractivity contribution in [2.75, 3.05) is 5.73 Å². The van der Waals surface area contributed by atoms with E-state index in [1.54, 1.807) is 0 Å². The van der Waals surface area contributed by atoms with E-state index < -0.39 is 0 Å². The second kappa shape index (κ2) is 3.32. The lowest BCUT2D eigenvalue weighted by Gasteiger charge is -2.05. The van der Waals surface area contributed by atoms with Crippen LogP contribution in [0.3, 0.4) is 0 Å². The van der Waals surface area contributed by atoms with Crippen LogP contribution >= 0.6 is 0 Å². The predicted octanol–water partition coefficient (Wildman–Crippen LogP) is 1.18. The minimum absolute atomic E-state index is 0.624. The molecule has 0 unspecified atom stereocenters. The number of anilines is 1. The Morgan fingerprint density at radius 3 is 2.45 bits per heavy atom. The van der Waals surface area contributed by atoms with E-state index in [1.807, 2.05) is 0 Å². The highest BCUT2D eigenvalue weighted by Crippen LogP contribution is 2.12. The van der Waals surface area contributed by atoms with Crippen LogP contribution in [-0.4, -0.2) is 9.97 Å². The monoisotopic (exact) mass is 151 g/mol. The normalized spacial score (nSPS) is 10.0. The van der Waals surface area contributed by atoms with Crippen molar-refractivity contribution in [3.8, 4) is 0 Å². The van der Waals surface area contributed by atoms with Gasteiger partial charge in [-0.15, -0.1) is 0 Å². The van der Waals surface area contributed by atoms with E-state index in [2.05, 4.69) is 23.8 Å². The first-order valence-corrected chi connectivity index (χ1v) is 3.87. The van der Waals surface area contributed by atoms with Gasteiger partial charge in [0.25, 0.3) is 0 Å². The van der Waals surface area contributed by atoms with E-state index in [4.69, 9.17) is 5.73 Å². The number of nitrogens with two attached hydrogens (primary N) is 1. The van der Waals surface area contributed by atoms with E-state index in [1.165, 1.54) is 6.33 Å². The maximum atomic E-state index is 5.66. The summed E-state index contributed by atoms with van der Waals surface area (Å²) in [6.45, 7) is 4.13. The van der Waals surface area contributed by atoms with Crippen LogP contribution in [0.25, 0.3) is 0 Å². The van der Waals surface area contributed by atoms with Crippen LogP contribution in [0.1, 0.15) is 25.1 Å². The molecule has 0 atom stereocenters. The number of aromatic nitrogens is 2. The molecule has 0 amide bonds. The molecule has 0 saturated heterocycles. The highest BCUT2D eigenvalue weighted by atomic mass is 14.9. The third-order valence-electron chi connectivity index (χ3n) is 1.76. The standard InChI is InChI=1S/C8H13N3/c1-3-6-7(4-2)10-5-11-8(6)9/h5H,3-4H2,1-2H3,(H2,9,10,11). The van der Waals surface area contributed by atoms with Crippen molar-refractivity contribution in [1.82, 2.24) is 9.97 Å². The summed E-state index contributed by atoms with van der Waals surface area (Å²) in [5.74, 6) is 0.624. The smallest absolute Gasteiger partial charge is 0.130 e. The van der Waals surface area contributed by atoms with Crippen LogP contribution in [0.4, 0.5) is 5.82 Å². The highest BCUT2D eigenvalue weighted by Gasteiger charge is 2.03. The summed E-state index contributed by atoms with van der Waals surface area (Å²) in [6.07, 6.45) is 3.36. The molecule has 3 nitrogen and oxygen atoms in total. The molecule has 0 aromatic carbocycles. The highest BCUT2D eigenvalue weighted by molar-refractivity contribution is 5.41. The molecule has 3 heteroatoms. The second-order valence-electron chi connectivity index (χ2n) is 2.39. The molecule has 0 bridgehead atoms. The van der Waals surface area contributed by atoms with Crippen LogP contribution in [0.5, 0.6) is 0 Å². The van der Waals surface area contributed by atoms with E-state index in [0.29, 0.717) is 5.82 Å². The van der Waals surface area contributed by atoms with Crippen LogP contribution in [0, 0.1) is 0 Å². The zero-order valence-corrected chi connectivity index (χ0v) is 6.96. The van der Waals surface area contributed by atoms with Gasteiger partial charge in [-0.3, -0.25) is 0 Å². The molecule has 0 aliphatic rings. The largest absolute Gasteiger partial charge is 0.383 e. The summed E-state index contributed by atoms with van der Waals surface area (Å²) in [6, 6.07) is 0. The molecule has 1 rings (SSSR count). The summed E-state index contributed by atoms with van der Waals surface area (Å²) < 4.78 is 0. The van der Waals surface area contributed by atoms with Crippen molar-refractivity contribution in [2.24, 2.45) is 0 Å². The third kappa shape index (κ3) is 1.48. The number of rotatable bonds is 2. The van der Waals surface area contributed by atoms with Crippen LogP contribution in [0.15, 0.2) is 6.33 Å². The summed E-state index contributed by atoms with van der Waals surface area (Å²) in [4.78, 5) is 8.06. The molecule has 1 heterocycles. The average Bonchev–Trinajstić information content (AvgIpc) is 2.04. The fourth-order valence-corrected chi connectivity index (χ4v) is 1.15. The summed E-state index contributed by atoms with van der Waals surface area (Å²) in [7, 11) is 0. The van der Waals surface area contributed by atoms with Gasteiger partial charge < -0.3 is 5.73 Å². The van der Waals surface area contributed by atoms with E-state index >= 15 is 0 Å². The lowest BCUT2D eigenvalue weighted by Crippen LogP contribution is -2.03. The molecular weight excluding hydrogens is 138 g/mol. The minimum Gasteiger partial charge on any atom is -0.383 e. The first-order chi connectivity index (χ1) is 5.29. The molecule has 1 aromatic rings. The Morgan fingerprint density at radius 1 is 1.27 bits per heavy atom. The second-order valence-corrected chi connectivity index (χ2v) is 2.39. The summed E-state index contributed by atoms with van der Waals surface area (Å²) in [5, 5.41) is 0. The number of aryl methyl sites for hydroxylation is 1. The number of hydrogen-bond donors (Lipinski definition) is 1. The van der Waals surface area contributed by atoms with Gasteiger partial charge >= 0.3 is 0 Å². The molecule has 2 N–H and O–H groups in total. The Balaban J connectivity index is 3.13. The average molecular weight is 151 g/mol. The van der Waals surface area contributed by atoms with Crippen molar-refractivity contribution in [2.45, 2.75) is 26.7 Å². The first kappa shape index (κ1) is 7.98. The van der Waals surface area contributed by atoms with Crippen LogP contribution in [-0.2, 0) is 12.8 Å². The summed E-state index contributed by atoms with van der Waals surface area (Å²) in [5.41, 5.74) is 7.82. The maximum Gasteiger partial charge on any atom is 0.130 e. The minimum atomic E-state index is 0.624. The zero-order valence-electron chi connectivity index (χ0n) is 6.96. The van der Waals surface area contributed by atoms with Gasteiger partial charge in [0, 0.05) is 11.3 Å². The van der Waals surface area contributed by atoms with Gasteiger partial charge in [-0.2, -0.15) is 0 Å². The Kier molecular flexibility index (Phi) is 2.41. The van der Waals surface area contributed by atoms with Gasteiger partial charge in [-0.05, 0) is 12.8 Å². The van der Waals surface area contributed by atoms with Crippen molar-refractivity contribution in [1.29, 1.82) is 0 Å². The summed E-state index contributed by atoms with van der Waals surface area (Å²) >= 11 is 0. The van der Waals surface area contributed by atoms with E-state index in [9.17, 15) is 0 Å². The fraction of sp³-hybridized carbons (Fsp3) is 0.500. The van der Waals surface area contributed by atoms with Gasteiger partial charge in [0.1, 0.15) is 12.1 Å². The maximum absolute atomic E-state index is 5.66. The first-order valence-electron chi connectivity index (χ1n) is 3.87. The predicted molar refractivity (Wildman–Crippen MR) is 45.2 cm³/mol. The Bertz CT molecular complexity index is 245. The molecule has 0 aliphatic carbocycles. The van der Waals surface area contributed by atoms with Crippen molar-refractivity contribution >= 4 is 5.82 Å². The quantitative estimate of drug-likeness (QED) is 0.690. The molecular formula is C8H13N3. The van der Waals surface area contributed by atoms with Gasteiger partial charge in [0.2, 0.25) is 0 Å². The number of hydrogen-bond acceptors (Lipinski definition) is 3. The third-order valence-corrected chi connectivity index (χ3v) is 1.76. The molecule has 0 radical (unpaired) electrons. The van der Waals surface area contributed by atoms with Gasteiger partial charge in [0.05, 0.1) is 0 Å². The van der Waals surface area contributed by atoms with Crippen molar-refractivity contribution in [3.05, 3.63) is 17.6 Å². The Labute approximate surface area is 66.7 Å². The molecule has 0 aliphatic heterocycles. The Morgan fingerprint density at radius 2 is 2.00 bits per heavy atom. The number of nitrogens with zero attached hydrogens (tertiary/aromatic N) is 2. The van der Waals surface area contributed by atoms with Gasteiger partial charge in [0.15, 0.2) is 0 Å². The number of nitrogen functional groups attached to an aromatic ring is 1. The zero-order chi connectivity index (χ0) is 8.27. The van der Waals surface area contributed by atoms with E-state index in [0.717, 1.165) is 24.1 Å². The van der Waals surface area contributed by atoms with Crippen LogP contribution in [0.2, 0.25) is 0 Å². The van der Waals surface area contributed by atoms with Crippen molar-refractivity contribution < 1.29 is 0 Å². The SMILES string of the molecule is CCc1ncnc(N)c1CC. The Hall–Kier alpha value is -1.12. The van der Waals surface area contributed by atoms with Crippen molar-refractivity contribution in [3.63, 3.8) is 0 Å². The molecule has 0 fully saturated rings. The molecule has 11 heavy (non-hydrogen) atoms. The lowest BCUT2D eigenvalue weighted by molar-refractivity contribution is 0.937. The van der Waals surface area contributed by atoms with E-state index in [-0.39, 0.29) is 0 Å². The fourth-order valence-electron chi connectivity index (χ4n) is 1.15. The molecule has 0 saturated carbocycles. The molecule has 60 valence electrons. The lowest BCUT2D eigenvalue weighted by atomic mass is 10.1. The van der Waals surface area contributed by atoms with Gasteiger partial charge in [-0.1, -0.05) is 13.8 Å². The van der Waals surface area contributed by atoms with Gasteiger partial charge in [-0.25, -0.2) is 9.97 Å².